The Balaban J connectivity index is 2.77. The maximum atomic E-state index is 14.2. The van der Waals surface area contributed by atoms with Crippen LogP contribution in [0.25, 0.3) is 11.1 Å². The molecule has 0 radical (unpaired) electrons. The summed E-state index contributed by atoms with van der Waals surface area (Å²) in [5, 5.41) is 9.14. The van der Waals surface area contributed by atoms with Crippen LogP contribution in [0.4, 0.5) is 8.78 Å². The number of halogens is 2. The zero-order chi connectivity index (χ0) is 15.8. The third-order valence-electron chi connectivity index (χ3n) is 2.88. The molecule has 1 N–H and O–H groups in total. The van der Waals surface area contributed by atoms with Gasteiger partial charge in [-0.25, -0.2) is 22.0 Å². The predicted molar refractivity (Wildman–Crippen MR) is 71.9 cm³/mol. The second-order valence-electron chi connectivity index (χ2n) is 4.38. The molecule has 2 aromatic rings. The number of benzene rings is 2. The first-order valence-corrected chi connectivity index (χ1v) is 7.62. The van der Waals surface area contributed by atoms with E-state index in [1.165, 1.54) is 18.2 Å². The Morgan fingerprint density at radius 1 is 1.05 bits per heavy atom. The van der Waals surface area contributed by atoms with Gasteiger partial charge in [-0.1, -0.05) is 18.2 Å². The highest BCUT2D eigenvalue weighted by Gasteiger charge is 2.24. The van der Waals surface area contributed by atoms with Crippen molar-refractivity contribution in [2.45, 2.75) is 4.90 Å². The molecular weight excluding hydrogens is 302 g/mol. The van der Waals surface area contributed by atoms with Gasteiger partial charge in [0.25, 0.3) is 0 Å². The number of carbonyl (C=O) groups is 1. The molecule has 2 rings (SSSR count). The lowest BCUT2D eigenvalue weighted by Gasteiger charge is -2.10. The second-order valence-corrected chi connectivity index (χ2v) is 6.37. The molecule has 0 bridgehead atoms. The lowest BCUT2D eigenvalue weighted by molar-refractivity contribution is 0.0692. The van der Waals surface area contributed by atoms with Gasteiger partial charge in [0.05, 0.1) is 0 Å². The molecular formula is C14H10F2O4S. The summed E-state index contributed by atoms with van der Waals surface area (Å²) in [6.45, 7) is 0. The predicted octanol–water partition coefficient (Wildman–Crippen LogP) is 2.73. The summed E-state index contributed by atoms with van der Waals surface area (Å²) in [5.74, 6) is -3.45. The largest absolute Gasteiger partial charge is 0.478 e. The number of carboxylic acids is 1. The average Bonchev–Trinajstić information content (AvgIpc) is 2.37. The van der Waals surface area contributed by atoms with E-state index < -0.39 is 37.9 Å². The molecule has 4 nitrogen and oxygen atoms in total. The summed E-state index contributed by atoms with van der Waals surface area (Å²) < 4.78 is 50.0. The van der Waals surface area contributed by atoms with Gasteiger partial charge in [-0.3, -0.25) is 0 Å². The zero-order valence-electron chi connectivity index (χ0n) is 10.8. The average molecular weight is 312 g/mol. The first kappa shape index (κ1) is 15.1. The Morgan fingerprint density at radius 2 is 1.62 bits per heavy atom. The highest BCUT2D eigenvalue weighted by Crippen LogP contribution is 2.29. The monoisotopic (exact) mass is 312 g/mol. The molecule has 0 aliphatic rings. The van der Waals surface area contributed by atoms with Crippen molar-refractivity contribution in [3.63, 3.8) is 0 Å². The third-order valence-corrected chi connectivity index (χ3v) is 3.99. The van der Waals surface area contributed by atoms with Crippen molar-refractivity contribution in [1.29, 1.82) is 0 Å². The highest BCUT2D eigenvalue weighted by molar-refractivity contribution is 7.90. The van der Waals surface area contributed by atoms with E-state index in [1.54, 1.807) is 0 Å². The Kier molecular flexibility index (Phi) is 3.78. The fourth-order valence-electron chi connectivity index (χ4n) is 1.92. The number of hydrogen-bond acceptors (Lipinski definition) is 3. The first-order chi connectivity index (χ1) is 9.71. The van der Waals surface area contributed by atoms with E-state index >= 15 is 0 Å². The van der Waals surface area contributed by atoms with Crippen LogP contribution in [0, 0.1) is 11.6 Å². The fraction of sp³-hybridized carbons (Fsp3) is 0.0714. The van der Waals surface area contributed by atoms with Crippen LogP contribution < -0.4 is 0 Å². The molecule has 7 heteroatoms. The Labute approximate surface area is 119 Å². The van der Waals surface area contributed by atoms with Gasteiger partial charge in [-0.2, -0.15) is 0 Å². The van der Waals surface area contributed by atoms with Gasteiger partial charge in [-0.05, 0) is 29.3 Å². The Morgan fingerprint density at radius 3 is 2.10 bits per heavy atom. The molecule has 0 atom stereocenters. The van der Waals surface area contributed by atoms with Crippen LogP contribution in [0.5, 0.6) is 0 Å². The van der Waals surface area contributed by atoms with Gasteiger partial charge < -0.3 is 5.11 Å². The van der Waals surface area contributed by atoms with Crippen molar-refractivity contribution in [2.24, 2.45) is 0 Å². The molecule has 0 aromatic heterocycles. The van der Waals surface area contributed by atoms with Crippen molar-refractivity contribution in [2.75, 3.05) is 6.26 Å². The molecule has 110 valence electrons. The van der Waals surface area contributed by atoms with Gasteiger partial charge in [0.15, 0.2) is 15.7 Å². The van der Waals surface area contributed by atoms with E-state index in [4.69, 9.17) is 5.11 Å². The van der Waals surface area contributed by atoms with Crippen molar-refractivity contribution < 1.29 is 27.1 Å². The van der Waals surface area contributed by atoms with Gasteiger partial charge >= 0.3 is 5.97 Å². The molecule has 21 heavy (non-hydrogen) atoms. The zero-order valence-corrected chi connectivity index (χ0v) is 11.6. The summed E-state index contributed by atoms with van der Waals surface area (Å²) in [4.78, 5) is 10.6. The number of sulfone groups is 1. The fourth-order valence-corrected chi connectivity index (χ4v) is 2.67. The quantitative estimate of drug-likeness (QED) is 0.946. The van der Waals surface area contributed by atoms with E-state index in [2.05, 4.69) is 0 Å². The summed E-state index contributed by atoms with van der Waals surface area (Å²) >= 11 is 0. The molecule has 0 unspecified atom stereocenters. The van der Waals surface area contributed by atoms with Crippen LogP contribution in [-0.4, -0.2) is 25.7 Å². The molecule has 0 saturated carbocycles. The van der Waals surface area contributed by atoms with Crippen molar-refractivity contribution in [3.8, 4) is 11.1 Å². The molecule has 0 aliphatic heterocycles. The lowest BCUT2D eigenvalue weighted by Crippen LogP contribution is -2.09. The van der Waals surface area contributed by atoms with Crippen LogP contribution in [-0.2, 0) is 9.84 Å². The third kappa shape index (κ3) is 2.92. The Hall–Kier alpha value is -2.28. The Bertz CT molecular complexity index is 812. The van der Waals surface area contributed by atoms with Gasteiger partial charge in [0, 0.05) is 6.26 Å². The van der Waals surface area contributed by atoms with E-state index in [1.807, 2.05) is 0 Å². The van der Waals surface area contributed by atoms with E-state index in [0.717, 1.165) is 24.5 Å². The molecule has 0 spiro atoms. The number of aromatic carboxylic acids is 1. The van der Waals surface area contributed by atoms with Crippen LogP contribution in [0.1, 0.15) is 10.4 Å². The standard InChI is InChI=1S/C14H10F2O4S/c1-21(19,20)11-7-6-10(12(13(11)16)14(17)18)8-2-4-9(15)5-3-8/h2-7H,1H3,(H,17,18). The smallest absolute Gasteiger partial charge is 0.339 e. The van der Waals surface area contributed by atoms with Crippen LogP contribution in [0.2, 0.25) is 0 Å². The summed E-state index contributed by atoms with van der Waals surface area (Å²) in [6, 6.07) is 6.96. The molecule has 2 aromatic carbocycles. The number of hydrogen-bond donors (Lipinski definition) is 1. The molecule has 0 heterocycles. The normalized spacial score (nSPS) is 11.4. The van der Waals surface area contributed by atoms with Crippen LogP contribution in [0.15, 0.2) is 41.3 Å². The van der Waals surface area contributed by atoms with Gasteiger partial charge in [0.1, 0.15) is 16.3 Å². The van der Waals surface area contributed by atoms with Crippen molar-refractivity contribution >= 4 is 15.8 Å². The topological polar surface area (TPSA) is 71.4 Å². The van der Waals surface area contributed by atoms with E-state index in [9.17, 15) is 22.0 Å². The SMILES string of the molecule is CS(=O)(=O)c1ccc(-c2ccc(F)cc2)c(C(=O)O)c1F. The van der Waals surface area contributed by atoms with Crippen molar-refractivity contribution in [3.05, 3.63) is 53.6 Å². The van der Waals surface area contributed by atoms with Crippen LogP contribution in [0.3, 0.4) is 0 Å². The second kappa shape index (κ2) is 5.25. The first-order valence-electron chi connectivity index (χ1n) is 5.73. The maximum absolute atomic E-state index is 14.2. The minimum absolute atomic E-state index is 0.0209. The van der Waals surface area contributed by atoms with Crippen LogP contribution >= 0.6 is 0 Å². The van der Waals surface area contributed by atoms with Gasteiger partial charge in [-0.15, -0.1) is 0 Å². The minimum atomic E-state index is -3.89. The molecule has 0 saturated heterocycles. The van der Waals surface area contributed by atoms with Gasteiger partial charge in [0.2, 0.25) is 0 Å². The summed E-state index contributed by atoms with van der Waals surface area (Å²) in [7, 11) is -3.89. The number of carboxylic acid groups (broad SMARTS) is 1. The van der Waals surface area contributed by atoms with E-state index in [-0.39, 0.29) is 11.1 Å². The molecule has 0 aliphatic carbocycles. The minimum Gasteiger partial charge on any atom is -0.478 e. The molecule has 0 fully saturated rings. The summed E-state index contributed by atoms with van der Waals surface area (Å²) in [5.41, 5.74) is -0.510. The number of rotatable bonds is 3. The lowest BCUT2D eigenvalue weighted by atomic mass is 9.99. The summed E-state index contributed by atoms with van der Waals surface area (Å²) in [6.07, 6.45) is 0.786. The maximum Gasteiger partial charge on any atom is 0.339 e. The molecule has 0 amide bonds. The van der Waals surface area contributed by atoms with E-state index in [0.29, 0.717) is 0 Å². The van der Waals surface area contributed by atoms with Crippen molar-refractivity contribution in [1.82, 2.24) is 0 Å². The highest BCUT2D eigenvalue weighted by atomic mass is 32.2.